The third-order valence-corrected chi connectivity index (χ3v) is 9.45. The molecule has 0 radical (unpaired) electrons. The van der Waals surface area contributed by atoms with Crippen molar-refractivity contribution < 1.29 is 21.6 Å². The highest BCUT2D eigenvalue weighted by Gasteiger charge is 2.34. The Morgan fingerprint density at radius 2 is 1.57 bits per heavy atom. The summed E-state index contributed by atoms with van der Waals surface area (Å²) in [5.74, 6) is 0.576. The molecular weight excluding hydrogens is 402 g/mol. The van der Waals surface area contributed by atoms with E-state index in [-0.39, 0.29) is 29.2 Å². The lowest BCUT2D eigenvalue weighted by Gasteiger charge is -2.37. The summed E-state index contributed by atoms with van der Waals surface area (Å²) in [5, 5.41) is 0. The average molecular weight is 428 g/mol. The summed E-state index contributed by atoms with van der Waals surface area (Å²) in [7, 11) is -6.13. The monoisotopic (exact) mass is 427 g/mol. The van der Waals surface area contributed by atoms with Crippen LogP contribution in [0.15, 0.2) is 24.3 Å². The van der Waals surface area contributed by atoms with Crippen LogP contribution in [0.5, 0.6) is 0 Å². The molecule has 154 valence electrons. The molecule has 0 unspecified atom stereocenters. The van der Waals surface area contributed by atoms with Crippen LogP contribution in [0.25, 0.3) is 0 Å². The predicted molar refractivity (Wildman–Crippen MR) is 107 cm³/mol. The van der Waals surface area contributed by atoms with Crippen LogP contribution in [0.3, 0.4) is 0 Å². The number of sulfone groups is 1. The first-order valence-electron chi connectivity index (χ1n) is 9.59. The smallest absolute Gasteiger partial charge is 0.253 e. The highest BCUT2D eigenvalue weighted by molar-refractivity contribution is 7.93. The van der Waals surface area contributed by atoms with Gasteiger partial charge in [-0.05, 0) is 37.1 Å². The van der Waals surface area contributed by atoms with Crippen molar-refractivity contribution in [1.82, 2.24) is 9.80 Å². The van der Waals surface area contributed by atoms with Gasteiger partial charge >= 0.3 is 0 Å². The first kappa shape index (κ1) is 19.7. The maximum absolute atomic E-state index is 12.8. The number of nitrogens with zero attached hydrogens (tertiary/aromatic N) is 3. The zero-order valence-corrected chi connectivity index (χ0v) is 17.3. The number of amides is 1. The van der Waals surface area contributed by atoms with Crippen molar-refractivity contribution in [1.29, 1.82) is 0 Å². The summed E-state index contributed by atoms with van der Waals surface area (Å²) in [6, 6.07) is 6.82. The maximum Gasteiger partial charge on any atom is 0.253 e. The second kappa shape index (κ2) is 7.31. The van der Waals surface area contributed by atoms with E-state index in [2.05, 4.69) is 4.90 Å². The van der Waals surface area contributed by atoms with E-state index in [0.29, 0.717) is 56.8 Å². The van der Waals surface area contributed by atoms with Crippen molar-refractivity contribution in [2.75, 3.05) is 54.3 Å². The highest BCUT2D eigenvalue weighted by Crippen LogP contribution is 2.25. The Labute approximate surface area is 166 Å². The van der Waals surface area contributed by atoms with Gasteiger partial charge in [-0.1, -0.05) is 0 Å². The van der Waals surface area contributed by atoms with E-state index in [1.165, 1.54) is 4.31 Å². The summed E-state index contributed by atoms with van der Waals surface area (Å²) in [5.41, 5.74) is 1.14. The molecule has 3 aliphatic rings. The fraction of sp³-hybridized carbons (Fsp3) is 0.611. The second-order valence-corrected chi connectivity index (χ2v) is 11.9. The number of hydrogen-bond acceptors (Lipinski definition) is 6. The minimum absolute atomic E-state index is 0.0731. The third kappa shape index (κ3) is 3.90. The van der Waals surface area contributed by atoms with Gasteiger partial charge in [-0.25, -0.2) is 16.8 Å². The van der Waals surface area contributed by atoms with Crippen molar-refractivity contribution in [3.05, 3.63) is 29.8 Å². The van der Waals surface area contributed by atoms with Gasteiger partial charge in [0, 0.05) is 44.3 Å². The van der Waals surface area contributed by atoms with Crippen LogP contribution in [0, 0.1) is 0 Å². The van der Waals surface area contributed by atoms with Gasteiger partial charge in [0.25, 0.3) is 5.91 Å². The van der Waals surface area contributed by atoms with E-state index in [0.717, 1.165) is 0 Å². The van der Waals surface area contributed by atoms with Gasteiger partial charge in [0.15, 0.2) is 9.84 Å². The molecule has 1 aromatic rings. The topological polar surface area (TPSA) is 95.1 Å². The molecule has 4 rings (SSSR count). The molecule has 0 aromatic heterocycles. The fourth-order valence-corrected chi connectivity index (χ4v) is 7.56. The van der Waals surface area contributed by atoms with E-state index in [1.54, 1.807) is 29.2 Å². The molecule has 0 bridgehead atoms. The number of anilines is 1. The molecule has 0 N–H and O–H groups in total. The van der Waals surface area contributed by atoms with Gasteiger partial charge in [0.2, 0.25) is 10.0 Å². The SMILES string of the molecule is O=C(c1ccc(N2CCCS2(=O)=O)cc1)N1CCN([C@@H]2CCS(=O)(=O)C2)CC1. The highest BCUT2D eigenvalue weighted by atomic mass is 32.2. The minimum Gasteiger partial charge on any atom is -0.336 e. The number of carbonyl (C=O) groups is 1. The summed E-state index contributed by atoms with van der Waals surface area (Å²) in [6.45, 7) is 2.97. The second-order valence-electron chi connectivity index (χ2n) is 7.67. The fourth-order valence-electron chi connectivity index (χ4n) is 4.24. The summed E-state index contributed by atoms with van der Waals surface area (Å²) in [6.07, 6.45) is 1.30. The molecule has 3 fully saturated rings. The standard InChI is InChI=1S/C18H25N3O5S2/c22-18(15-2-4-16(5-3-15)21-7-1-12-28(21,25)26)20-10-8-19(9-11-20)17-6-13-27(23,24)14-17/h2-5,17H,1,6-14H2/t17-/m1/s1. The first-order valence-corrected chi connectivity index (χ1v) is 13.0. The molecule has 28 heavy (non-hydrogen) atoms. The molecule has 1 amide bonds. The Balaban J connectivity index is 1.36. The molecule has 0 saturated carbocycles. The lowest BCUT2D eigenvalue weighted by atomic mass is 10.1. The molecule has 1 atom stereocenters. The lowest BCUT2D eigenvalue weighted by molar-refractivity contribution is 0.0588. The number of hydrogen-bond donors (Lipinski definition) is 0. The maximum atomic E-state index is 12.8. The zero-order valence-electron chi connectivity index (χ0n) is 15.7. The molecule has 8 nitrogen and oxygen atoms in total. The van der Waals surface area contributed by atoms with Crippen molar-refractivity contribution in [2.45, 2.75) is 18.9 Å². The molecule has 0 spiro atoms. The van der Waals surface area contributed by atoms with Crippen LogP contribution in [0.2, 0.25) is 0 Å². The van der Waals surface area contributed by atoms with E-state index in [9.17, 15) is 21.6 Å². The van der Waals surface area contributed by atoms with Crippen LogP contribution in [-0.2, 0) is 19.9 Å². The quantitative estimate of drug-likeness (QED) is 0.683. The third-order valence-electron chi connectivity index (χ3n) is 5.83. The summed E-state index contributed by atoms with van der Waals surface area (Å²) < 4.78 is 48.8. The molecular formula is C18H25N3O5S2. The van der Waals surface area contributed by atoms with Crippen LogP contribution in [-0.4, -0.2) is 88.6 Å². The molecule has 0 aliphatic carbocycles. The van der Waals surface area contributed by atoms with Crippen LogP contribution < -0.4 is 4.31 Å². The number of carbonyl (C=O) groups excluding carboxylic acids is 1. The van der Waals surface area contributed by atoms with Crippen molar-refractivity contribution in [2.24, 2.45) is 0 Å². The minimum atomic E-state index is -3.23. The van der Waals surface area contributed by atoms with Gasteiger partial charge in [-0.15, -0.1) is 0 Å². The largest absolute Gasteiger partial charge is 0.336 e. The van der Waals surface area contributed by atoms with Crippen LogP contribution in [0.1, 0.15) is 23.2 Å². The molecule has 3 heterocycles. The molecule has 10 heteroatoms. The Morgan fingerprint density at radius 1 is 0.893 bits per heavy atom. The van der Waals surface area contributed by atoms with Gasteiger partial charge in [0.1, 0.15) is 0 Å². The lowest BCUT2D eigenvalue weighted by Crippen LogP contribution is -2.52. The summed E-state index contributed by atoms with van der Waals surface area (Å²) >= 11 is 0. The van der Waals surface area contributed by atoms with E-state index < -0.39 is 19.9 Å². The summed E-state index contributed by atoms with van der Waals surface area (Å²) in [4.78, 5) is 16.7. The van der Waals surface area contributed by atoms with Crippen molar-refractivity contribution in [3.8, 4) is 0 Å². The van der Waals surface area contributed by atoms with Crippen molar-refractivity contribution >= 4 is 31.5 Å². The number of benzene rings is 1. The molecule has 3 aliphatic heterocycles. The Morgan fingerprint density at radius 3 is 2.11 bits per heavy atom. The van der Waals surface area contributed by atoms with E-state index >= 15 is 0 Å². The average Bonchev–Trinajstić information content (AvgIpc) is 3.22. The van der Waals surface area contributed by atoms with Gasteiger partial charge in [-0.2, -0.15) is 0 Å². The predicted octanol–water partition coefficient (Wildman–Crippen LogP) is 0.171. The Bertz CT molecular complexity index is 951. The number of piperazine rings is 1. The van der Waals surface area contributed by atoms with E-state index in [4.69, 9.17) is 0 Å². The van der Waals surface area contributed by atoms with Crippen LogP contribution in [0.4, 0.5) is 5.69 Å². The van der Waals surface area contributed by atoms with Gasteiger partial charge in [-0.3, -0.25) is 14.0 Å². The Hall–Kier alpha value is -1.65. The van der Waals surface area contributed by atoms with Crippen LogP contribution >= 0.6 is 0 Å². The van der Waals surface area contributed by atoms with Gasteiger partial charge in [0.05, 0.1) is 22.9 Å². The van der Waals surface area contributed by atoms with E-state index in [1.807, 2.05) is 0 Å². The van der Waals surface area contributed by atoms with Crippen molar-refractivity contribution in [3.63, 3.8) is 0 Å². The Kier molecular flexibility index (Phi) is 5.13. The number of rotatable bonds is 3. The zero-order chi connectivity index (χ0) is 19.9. The first-order chi connectivity index (χ1) is 13.3. The molecule has 3 saturated heterocycles. The normalized spacial score (nSPS) is 27.2. The van der Waals surface area contributed by atoms with Gasteiger partial charge < -0.3 is 4.90 Å². The number of sulfonamides is 1. The molecule has 1 aromatic carbocycles.